The largest absolute Gasteiger partial charge is 0.341 e. The maximum Gasteiger partial charge on any atom is 0.227 e. The molecule has 1 aliphatic rings. The van der Waals surface area contributed by atoms with Gasteiger partial charge in [-0.2, -0.15) is 10.1 Å². The zero-order chi connectivity index (χ0) is 21.2. The molecule has 0 aliphatic heterocycles. The summed E-state index contributed by atoms with van der Waals surface area (Å²) in [7, 11) is 2.05. The molecular formula is C22H24N8O. The van der Waals surface area contributed by atoms with Gasteiger partial charge < -0.3 is 10.2 Å². The first-order valence-corrected chi connectivity index (χ1v) is 10.6. The maximum absolute atomic E-state index is 12.5. The lowest BCUT2D eigenvalue weighted by Gasteiger charge is -2.24. The molecule has 0 spiro atoms. The zero-order valence-electron chi connectivity index (χ0n) is 17.4. The third-order valence-corrected chi connectivity index (χ3v) is 5.84. The number of pyridine rings is 2. The van der Waals surface area contributed by atoms with E-state index in [0.717, 1.165) is 22.1 Å². The monoisotopic (exact) mass is 416 g/mol. The van der Waals surface area contributed by atoms with Crippen molar-refractivity contribution in [3.05, 3.63) is 43.0 Å². The molecule has 0 radical (unpaired) electrons. The molecule has 158 valence electrons. The van der Waals surface area contributed by atoms with Crippen LogP contribution in [0.4, 0.5) is 11.6 Å². The molecule has 4 heterocycles. The SMILES string of the molecule is CN(c1ncc2cnn(CCC(=O)Nc3cnc4cccnc4c3)c2n1)C1CCCC1. The van der Waals surface area contributed by atoms with Crippen LogP contribution in [0, 0.1) is 0 Å². The van der Waals surface area contributed by atoms with Crippen molar-refractivity contribution in [3.8, 4) is 0 Å². The lowest BCUT2D eigenvalue weighted by molar-refractivity contribution is -0.116. The molecule has 4 aromatic heterocycles. The lowest BCUT2D eigenvalue weighted by atomic mass is 10.2. The zero-order valence-corrected chi connectivity index (χ0v) is 17.4. The number of aromatic nitrogens is 6. The van der Waals surface area contributed by atoms with Gasteiger partial charge >= 0.3 is 0 Å². The summed E-state index contributed by atoms with van der Waals surface area (Å²) in [6.45, 7) is 0.429. The molecule has 9 heteroatoms. The molecule has 1 saturated carbocycles. The average Bonchev–Trinajstić information content (AvgIpc) is 3.47. The molecule has 0 atom stereocenters. The Morgan fingerprint density at radius 3 is 2.90 bits per heavy atom. The van der Waals surface area contributed by atoms with Gasteiger partial charge in [-0.05, 0) is 31.0 Å². The molecule has 0 aromatic carbocycles. The number of anilines is 2. The number of carbonyl (C=O) groups excluding carboxylic acids is 1. The molecule has 9 nitrogen and oxygen atoms in total. The van der Waals surface area contributed by atoms with E-state index in [2.05, 4.69) is 37.3 Å². The van der Waals surface area contributed by atoms with Gasteiger partial charge in [0.1, 0.15) is 0 Å². The summed E-state index contributed by atoms with van der Waals surface area (Å²) in [6.07, 6.45) is 12.0. The summed E-state index contributed by atoms with van der Waals surface area (Å²) >= 11 is 0. The number of fused-ring (bicyclic) bond motifs is 2. The van der Waals surface area contributed by atoms with Gasteiger partial charge in [-0.3, -0.25) is 14.8 Å². The topological polar surface area (TPSA) is 102 Å². The normalized spacial score (nSPS) is 14.4. The smallest absolute Gasteiger partial charge is 0.227 e. The van der Waals surface area contributed by atoms with Crippen LogP contribution in [0.3, 0.4) is 0 Å². The van der Waals surface area contributed by atoms with E-state index in [9.17, 15) is 4.79 Å². The third kappa shape index (κ3) is 4.03. The predicted molar refractivity (Wildman–Crippen MR) is 119 cm³/mol. The number of amides is 1. The average molecular weight is 416 g/mol. The van der Waals surface area contributed by atoms with Crippen molar-refractivity contribution in [2.24, 2.45) is 0 Å². The summed E-state index contributed by atoms with van der Waals surface area (Å²) < 4.78 is 1.77. The predicted octanol–water partition coefficient (Wildman–Crippen LogP) is 3.18. The van der Waals surface area contributed by atoms with Crippen molar-refractivity contribution < 1.29 is 4.79 Å². The summed E-state index contributed by atoms with van der Waals surface area (Å²) in [5.41, 5.74) is 2.92. The van der Waals surface area contributed by atoms with Gasteiger partial charge in [0.25, 0.3) is 0 Å². The van der Waals surface area contributed by atoms with Gasteiger partial charge in [0.05, 0.1) is 41.0 Å². The van der Waals surface area contributed by atoms with Crippen LogP contribution in [-0.4, -0.2) is 48.7 Å². The van der Waals surface area contributed by atoms with Crippen LogP contribution in [0.15, 0.2) is 43.0 Å². The van der Waals surface area contributed by atoms with Crippen molar-refractivity contribution in [1.82, 2.24) is 29.7 Å². The highest BCUT2D eigenvalue weighted by atomic mass is 16.1. The highest BCUT2D eigenvalue weighted by Gasteiger charge is 2.22. The van der Waals surface area contributed by atoms with Crippen molar-refractivity contribution in [1.29, 1.82) is 0 Å². The minimum Gasteiger partial charge on any atom is -0.341 e. The van der Waals surface area contributed by atoms with E-state index < -0.39 is 0 Å². The summed E-state index contributed by atoms with van der Waals surface area (Å²) in [5, 5.41) is 8.16. The number of nitrogens with zero attached hydrogens (tertiary/aromatic N) is 7. The molecular weight excluding hydrogens is 392 g/mol. The van der Waals surface area contributed by atoms with Gasteiger partial charge in [-0.1, -0.05) is 12.8 Å². The second-order valence-electron chi connectivity index (χ2n) is 7.93. The fourth-order valence-corrected chi connectivity index (χ4v) is 4.10. The van der Waals surface area contributed by atoms with E-state index in [1.807, 2.05) is 18.2 Å². The second kappa shape index (κ2) is 8.25. The van der Waals surface area contributed by atoms with E-state index in [-0.39, 0.29) is 12.3 Å². The molecule has 1 N–H and O–H groups in total. The van der Waals surface area contributed by atoms with Gasteiger partial charge in [0, 0.05) is 31.9 Å². The van der Waals surface area contributed by atoms with Gasteiger partial charge in [0.2, 0.25) is 11.9 Å². The summed E-state index contributed by atoms with van der Waals surface area (Å²) in [6, 6.07) is 6.03. The van der Waals surface area contributed by atoms with Crippen LogP contribution < -0.4 is 10.2 Å². The Kier molecular flexibility index (Phi) is 5.15. The minimum absolute atomic E-state index is 0.113. The lowest BCUT2D eigenvalue weighted by Crippen LogP contribution is -2.30. The van der Waals surface area contributed by atoms with E-state index in [1.165, 1.54) is 25.7 Å². The van der Waals surface area contributed by atoms with Crippen molar-refractivity contribution in [2.75, 3.05) is 17.3 Å². The van der Waals surface area contributed by atoms with Crippen LogP contribution in [0.5, 0.6) is 0 Å². The van der Waals surface area contributed by atoms with Gasteiger partial charge in [-0.15, -0.1) is 0 Å². The van der Waals surface area contributed by atoms with Crippen molar-refractivity contribution in [3.63, 3.8) is 0 Å². The van der Waals surface area contributed by atoms with Gasteiger partial charge in [0.15, 0.2) is 5.65 Å². The highest BCUT2D eigenvalue weighted by Crippen LogP contribution is 2.25. The molecule has 1 aliphatic carbocycles. The van der Waals surface area contributed by atoms with E-state index in [1.54, 1.807) is 29.5 Å². The number of nitrogens with one attached hydrogen (secondary N) is 1. The first kappa shape index (κ1) is 19.3. The molecule has 1 amide bonds. The van der Waals surface area contributed by atoms with E-state index in [4.69, 9.17) is 4.98 Å². The number of carbonyl (C=O) groups is 1. The standard InChI is InChI=1S/C22H24N8O/c1-29(17-5-2-3-6-17)22-25-12-15-13-26-30(21(15)28-22)10-8-20(31)27-16-11-19-18(24-14-16)7-4-9-23-19/h4,7,9,11-14,17H,2-3,5-6,8,10H2,1H3,(H,27,31). The molecule has 0 bridgehead atoms. The van der Waals surface area contributed by atoms with Crippen LogP contribution in [0.25, 0.3) is 22.1 Å². The van der Waals surface area contributed by atoms with Gasteiger partial charge in [-0.25, -0.2) is 9.67 Å². The molecule has 4 aromatic rings. The number of hydrogen-bond acceptors (Lipinski definition) is 7. The Morgan fingerprint density at radius 2 is 2.03 bits per heavy atom. The second-order valence-corrected chi connectivity index (χ2v) is 7.93. The highest BCUT2D eigenvalue weighted by molar-refractivity contribution is 5.92. The Hall–Kier alpha value is -3.62. The van der Waals surface area contributed by atoms with Crippen molar-refractivity contribution >= 4 is 39.6 Å². The molecule has 5 rings (SSSR count). The number of aryl methyl sites for hydroxylation is 1. The Labute approximate surface area is 179 Å². The van der Waals surface area contributed by atoms with E-state index in [0.29, 0.717) is 24.2 Å². The number of hydrogen-bond donors (Lipinski definition) is 1. The fraction of sp³-hybridized carbons (Fsp3) is 0.364. The molecule has 0 unspecified atom stereocenters. The summed E-state index contributed by atoms with van der Waals surface area (Å²) in [4.78, 5) is 32.5. The number of rotatable bonds is 6. The quantitative estimate of drug-likeness (QED) is 0.515. The van der Waals surface area contributed by atoms with Crippen LogP contribution in [0.2, 0.25) is 0 Å². The Bertz CT molecular complexity index is 1230. The Morgan fingerprint density at radius 1 is 1.16 bits per heavy atom. The minimum atomic E-state index is -0.113. The maximum atomic E-state index is 12.5. The van der Waals surface area contributed by atoms with E-state index >= 15 is 0 Å². The molecule has 1 fully saturated rings. The fourth-order valence-electron chi connectivity index (χ4n) is 4.10. The van der Waals surface area contributed by atoms with Crippen LogP contribution in [-0.2, 0) is 11.3 Å². The molecule has 0 saturated heterocycles. The van der Waals surface area contributed by atoms with Crippen molar-refractivity contribution in [2.45, 2.75) is 44.7 Å². The van der Waals surface area contributed by atoms with Crippen LogP contribution in [0.1, 0.15) is 32.1 Å². The first-order chi connectivity index (χ1) is 15.2. The molecule has 31 heavy (non-hydrogen) atoms. The first-order valence-electron chi connectivity index (χ1n) is 10.6. The third-order valence-electron chi connectivity index (χ3n) is 5.84. The Balaban J connectivity index is 1.27. The van der Waals surface area contributed by atoms with Crippen LogP contribution >= 0.6 is 0 Å². The summed E-state index contributed by atoms with van der Waals surface area (Å²) in [5.74, 6) is 0.596.